The fourth-order valence-electron chi connectivity index (χ4n) is 1.25. The van der Waals surface area contributed by atoms with E-state index in [9.17, 15) is 4.79 Å². The summed E-state index contributed by atoms with van der Waals surface area (Å²) in [5.74, 6) is 2.03. The molecule has 0 bridgehead atoms. The molecule has 1 rings (SSSR count). The molecular weight excluding hydrogens is 200 g/mol. The minimum Gasteiger partial charge on any atom is -0.426 e. The van der Waals surface area contributed by atoms with Crippen LogP contribution < -0.4 is 0 Å². The van der Waals surface area contributed by atoms with Crippen LogP contribution in [0.15, 0.2) is 0 Å². The molecule has 0 amide bonds. The Labute approximate surface area is 88.7 Å². The van der Waals surface area contributed by atoms with Gasteiger partial charge in [-0.25, -0.2) is 4.18 Å². The maximum Gasteiger partial charge on any atom is 0.556 e. The van der Waals surface area contributed by atoms with Crippen molar-refractivity contribution in [2.24, 2.45) is 0 Å². The molecule has 1 heterocycles. The van der Waals surface area contributed by atoms with Crippen molar-refractivity contribution < 1.29 is 13.7 Å². The van der Waals surface area contributed by atoms with E-state index in [1.54, 1.807) is 0 Å². The second-order valence-electron chi connectivity index (χ2n) is 4.46. The Morgan fingerprint density at radius 3 is 2.21 bits per heavy atom. The molecular formula is C10H19O3S+. The van der Waals surface area contributed by atoms with Gasteiger partial charge >= 0.3 is 6.16 Å². The molecule has 0 aromatic rings. The van der Waals surface area contributed by atoms with Crippen molar-refractivity contribution in [2.75, 3.05) is 11.5 Å². The molecule has 4 heteroatoms. The first-order chi connectivity index (χ1) is 6.47. The number of carbonyl (C=O) groups is 1. The smallest absolute Gasteiger partial charge is 0.426 e. The van der Waals surface area contributed by atoms with Crippen LogP contribution >= 0.6 is 0 Å². The predicted octanol–water partition coefficient (Wildman–Crippen LogP) is 2.66. The van der Waals surface area contributed by atoms with E-state index in [0.717, 1.165) is 11.5 Å². The fourth-order valence-corrected chi connectivity index (χ4v) is 2.90. The van der Waals surface area contributed by atoms with Crippen molar-refractivity contribution in [1.82, 2.24) is 0 Å². The van der Waals surface area contributed by atoms with Gasteiger partial charge in [-0.1, -0.05) is 0 Å². The zero-order chi connectivity index (χ0) is 10.6. The molecule has 0 aromatic carbocycles. The zero-order valence-electron chi connectivity index (χ0n) is 9.17. The second-order valence-corrected chi connectivity index (χ2v) is 6.32. The average Bonchev–Trinajstić information content (AvgIpc) is 2.02. The van der Waals surface area contributed by atoms with Gasteiger partial charge in [-0.15, -0.1) is 0 Å². The van der Waals surface area contributed by atoms with Gasteiger partial charge in [-0.2, -0.15) is 4.79 Å². The van der Waals surface area contributed by atoms with Gasteiger partial charge in [0.15, 0.2) is 11.5 Å². The standard InChI is InChI=1S/C10H19O3S/c1-10(2,3)12-9(11)13-14-7-5-4-6-8-14/h4-8H2,1-3H3/q+1. The van der Waals surface area contributed by atoms with Gasteiger partial charge in [-0.3, -0.25) is 0 Å². The second kappa shape index (κ2) is 4.91. The van der Waals surface area contributed by atoms with Gasteiger partial charge in [0.25, 0.3) is 0 Å². The van der Waals surface area contributed by atoms with Crippen molar-refractivity contribution >= 4 is 17.3 Å². The molecule has 1 fully saturated rings. The van der Waals surface area contributed by atoms with Crippen LogP contribution in [0.5, 0.6) is 0 Å². The summed E-state index contributed by atoms with van der Waals surface area (Å²) < 4.78 is 10.3. The Balaban J connectivity index is 2.25. The van der Waals surface area contributed by atoms with E-state index in [2.05, 4.69) is 0 Å². The van der Waals surface area contributed by atoms with E-state index >= 15 is 0 Å². The highest BCUT2D eigenvalue weighted by Crippen LogP contribution is 2.17. The topological polar surface area (TPSA) is 35.5 Å². The Morgan fingerprint density at radius 2 is 1.71 bits per heavy atom. The van der Waals surface area contributed by atoms with Crippen molar-refractivity contribution in [1.29, 1.82) is 0 Å². The lowest BCUT2D eigenvalue weighted by Gasteiger charge is -2.18. The first-order valence-corrected chi connectivity index (χ1v) is 6.55. The van der Waals surface area contributed by atoms with Crippen LogP contribution in [0.4, 0.5) is 4.79 Å². The first kappa shape index (κ1) is 11.7. The molecule has 0 radical (unpaired) electrons. The SMILES string of the molecule is CC(C)(C)OC(=O)O[S+]1CCCCC1. The van der Waals surface area contributed by atoms with Crippen LogP contribution in [-0.4, -0.2) is 23.3 Å². The largest absolute Gasteiger partial charge is 0.556 e. The fraction of sp³-hybridized carbons (Fsp3) is 0.900. The molecule has 0 unspecified atom stereocenters. The van der Waals surface area contributed by atoms with Gasteiger partial charge in [0.2, 0.25) is 11.2 Å². The minimum absolute atomic E-state index is 0.184. The number of hydrogen-bond donors (Lipinski definition) is 0. The number of hydrogen-bond acceptors (Lipinski definition) is 3. The molecule has 3 nitrogen and oxygen atoms in total. The average molecular weight is 219 g/mol. The number of ether oxygens (including phenoxy) is 1. The molecule has 0 N–H and O–H groups in total. The molecule has 0 aliphatic carbocycles. The lowest BCUT2D eigenvalue weighted by Crippen LogP contribution is -2.29. The van der Waals surface area contributed by atoms with E-state index in [-0.39, 0.29) is 11.2 Å². The lowest BCUT2D eigenvalue weighted by molar-refractivity contribution is 0.0238. The van der Waals surface area contributed by atoms with Crippen molar-refractivity contribution in [2.45, 2.75) is 45.6 Å². The Bertz CT molecular complexity index is 192. The molecule has 0 spiro atoms. The van der Waals surface area contributed by atoms with E-state index < -0.39 is 11.8 Å². The van der Waals surface area contributed by atoms with Crippen LogP contribution in [0.1, 0.15) is 40.0 Å². The summed E-state index contributed by atoms with van der Waals surface area (Å²) in [4.78, 5) is 11.3. The van der Waals surface area contributed by atoms with E-state index in [4.69, 9.17) is 8.92 Å². The van der Waals surface area contributed by atoms with Crippen LogP contribution in [0.25, 0.3) is 0 Å². The normalized spacial score (nSPS) is 19.1. The summed E-state index contributed by atoms with van der Waals surface area (Å²) in [6.07, 6.45) is 3.10. The molecule has 14 heavy (non-hydrogen) atoms. The highest BCUT2D eigenvalue weighted by molar-refractivity contribution is 7.92. The monoisotopic (exact) mass is 219 g/mol. The first-order valence-electron chi connectivity index (χ1n) is 5.06. The third-order valence-electron chi connectivity index (χ3n) is 1.82. The Hall–Kier alpha value is -0.380. The Morgan fingerprint density at radius 1 is 1.14 bits per heavy atom. The summed E-state index contributed by atoms with van der Waals surface area (Å²) in [6.45, 7) is 5.54. The molecule has 82 valence electrons. The molecule has 0 saturated carbocycles. The van der Waals surface area contributed by atoms with Crippen LogP contribution in [0, 0.1) is 0 Å². The maximum atomic E-state index is 11.3. The predicted molar refractivity (Wildman–Crippen MR) is 58.3 cm³/mol. The minimum atomic E-state index is -0.511. The summed E-state index contributed by atoms with van der Waals surface area (Å²) in [5, 5.41) is 0. The van der Waals surface area contributed by atoms with Crippen molar-refractivity contribution in [3.8, 4) is 0 Å². The maximum absolute atomic E-state index is 11.3. The Kier molecular flexibility index (Phi) is 4.11. The highest BCUT2D eigenvalue weighted by atomic mass is 32.2. The molecule has 1 saturated heterocycles. The van der Waals surface area contributed by atoms with Gasteiger partial charge in [0, 0.05) is 0 Å². The van der Waals surface area contributed by atoms with Gasteiger partial charge in [0.05, 0.1) is 0 Å². The summed E-state index contributed by atoms with van der Waals surface area (Å²) in [6, 6.07) is 0. The van der Waals surface area contributed by atoms with Gasteiger partial charge < -0.3 is 4.74 Å². The third kappa shape index (κ3) is 4.74. The van der Waals surface area contributed by atoms with Gasteiger partial charge in [-0.05, 0) is 40.0 Å². The third-order valence-corrected chi connectivity index (χ3v) is 3.68. The molecule has 0 atom stereocenters. The molecule has 0 aromatic heterocycles. The van der Waals surface area contributed by atoms with E-state index in [1.807, 2.05) is 20.8 Å². The van der Waals surface area contributed by atoms with E-state index in [0.29, 0.717) is 0 Å². The molecule has 1 aliphatic heterocycles. The van der Waals surface area contributed by atoms with Crippen molar-refractivity contribution in [3.63, 3.8) is 0 Å². The zero-order valence-corrected chi connectivity index (χ0v) is 9.99. The summed E-state index contributed by atoms with van der Waals surface area (Å²) in [5.41, 5.74) is -0.448. The number of carbonyl (C=O) groups excluding carboxylic acids is 1. The van der Waals surface area contributed by atoms with E-state index in [1.165, 1.54) is 19.3 Å². The van der Waals surface area contributed by atoms with Gasteiger partial charge in [0.1, 0.15) is 5.60 Å². The highest BCUT2D eigenvalue weighted by Gasteiger charge is 2.30. The van der Waals surface area contributed by atoms with Crippen LogP contribution in [0.2, 0.25) is 0 Å². The summed E-state index contributed by atoms with van der Waals surface area (Å²) >= 11 is -0.184. The number of rotatable bonds is 1. The van der Waals surface area contributed by atoms with Crippen LogP contribution in [-0.2, 0) is 20.1 Å². The van der Waals surface area contributed by atoms with Crippen LogP contribution in [0.3, 0.4) is 0 Å². The lowest BCUT2D eigenvalue weighted by atomic mass is 10.2. The van der Waals surface area contributed by atoms with Crippen molar-refractivity contribution in [3.05, 3.63) is 0 Å². The molecule has 1 aliphatic rings. The quantitative estimate of drug-likeness (QED) is 0.502. The summed E-state index contributed by atoms with van der Waals surface area (Å²) in [7, 11) is 0.